The van der Waals surface area contributed by atoms with Crippen LogP contribution in [0.1, 0.15) is 16.0 Å². The van der Waals surface area contributed by atoms with E-state index in [4.69, 9.17) is 18.0 Å². The number of thiophene rings is 1. The summed E-state index contributed by atoms with van der Waals surface area (Å²) >= 11 is 7.67. The molecular formula is C13H9ClS. The lowest BCUT2D eigenvalue weighted by Crippen LogP contribution is -1.86. The third-order valence-corrected chi connectivity index (χ3v) is 3.43. The molecule has 0 spiro atoms. The van der Waals surface area contributed by atoms with E-state index >= 15 is 0 Å². The third kappa shape index (κ3) is 2.41. The van der Waals surface area contributed by atoms with Crippen molar-refractivity contribution in [3.8, 4) is 12.3 Å². The summed E-state index contributed by atoms with van der Waals surface area (Å²) in [7, 11) is 0. The Hall–Kier alpha value is -1.23. The highest BCUT2D eigenvalue weighted by atomic mass is 35.5. The number of hydrogen-bond donors (Lipinski definition) is 0. The van der Waals surface area contributed by atoms with Gasteiger partial charge in [0, 0.05) is 5.02 Å². The molecule has 1 aromatic heterocycles. The lowest BCUT2D eigenvalue weighted by Gasteiger charge is -2.00. The maximum absolute atomic E-state index is 6.08. The summed E-state index contributed by atoms with van der Waals surface area (Å²) in [6.45, 7) is 0. The van der Waals surface area contributed by atoms with E-state index in [0.29, 0.717) is 0 Å². The average Bonchev–Trinajstić information content (AvgIpc) is 2.69. The number of benzene rings is 1. The Morgan fingerprint density at radius 3 is 2.80 bits per heavy atom. The van der Waals surface area contributed by atoms with Crippen LogP contribution < -0.4 is 0 Å². The minimum atomic E-state index is 0.811. The molecule has 0 N–H and O–H groups in total. The maximum atomic E-state index is 6.08. The van der Waals surface area contributed by atoms with Crippen LogP contribution in [0.2, 0.25) is 5.02 Å². The van der Waals surface area contributed by atoms with E-state index in [0.717, 1.165) is 21.9 Å². The number of halogens is 1. The molecule has 2 heteroatoms. The first-order chi connectivity index (χ1) is 7.29. The normalized spacial score (nSPS) is 9.87. The molecule has 15 heavy (non-hydrogen) atoms. The van der Waals surface area contributed by atoms with Crippen molar-refractivity contribution in [2.45, 2.75) is 6.42 Å². The first-order valence-corrected chi connectivity index (χ1v) is 5.83. The Morgan fingerprint density at radius 2 is 2.13 bits per heavy atom. The highest BCUT2D eigenvalue weighted by Crippen LogP contribution is 2.21. The van der Waals surface area contributed by atoms with Gasteiger partial charge in [0.15, 0.2) is 0 Å². The van der Waals surface area contributed by atoms with Gasteiger partial charge in [0.1, 0.15) is 0 Å². The van der Waals surface area contributed by atoms with Gasteiger partial charge in [-0.25, -0.2) is 0 Å². The quantitative estimate of drug-likeness (QED) is 0.688. The van der Waals surface area contributed by atoms with Gasteiger partial charge in [0.25, 0.3) is 0 Å². The van der Waals surface area contributed by atoms with E-state index < -0.39 is 0 Å². The van der Waals surface area contributed by atoms with Crippen molar-refractivity contribution in [2.24, 2.45) is 0 Å². The lowest BCUT2D eigenvalue weighted by molar-refractivity contribution is 1.21. The second-order valence-corrected chi connectivity index (χ2v) is 4.55. The van der Waals surface area contributed by atoms with Crippen molar-refractivity contribution < 1.29 is 0 Å². The number of terminal acetylenes is 1. The number of rotatable bonds is 2. The zero-order valence-corrected chi connectivity index (χ0v) is 9.61. The fourth-order valence-electron chi connectivity index (χ4n) is 1.41. The van der Waals surface area contributed by atoms with Crippen molar-refractivity contribution in [3.05, 3.63) is 56.7 Å². The molecule has 0 aliphatic carbocycles. The molecule has 0 nitrogen and oxygen atoms in total. The molecule has 0 saturated heterocycles. The second-order valence-electron chi connectivity index (χ2n) is 3.23. The summed E-state index contributed by atoms with van der Waals surface area (Å²) < 4.78 is 0. The smallest absolute Gasteiger partial charge is 0.0768 e. The lowest BCUT2D eigenvalue weighted by atomic mass is 10.1. The van der Waals surface area contributed by atoms with E-state index in [1.54, 1.807) is 11.3 Å². The van der Waals surface area contributed by atoms with E-state index in [-0.39, 0.29) is 0 Å². The highest BCUT2D eigenvalue weighted by molar-refractivity contribution is 7.10. The molecule has 0 amide bonds. The van der Waals surface area contributed by atoms with Crippen molar-refractivity contribution in [1.29, 1.82) is 0 Å². The molecule has 2 rings (SSSR count). The van der Waals surface area contributed by atoms with Gasteiger partial charge in [-0.1, -0.05) is 35.7 Å². The average molecular weight is 233 g/mol. The van der Waals surface area contributed by atoms with Crippen LogP contribution >= 0.6 is 22.9 Å². The van der Waals surface area contributed by atoms with Crippen LogP contribution in [0, 0.1) is 12.3 Å². The van der Waals surface area contributed by atoms with Crippen LogP contribution in [-0.4, -0.2) is 0 Å². The molecule has 0 radical (unpaired) electrons. The molecule has 0 aliphatic heterocycles. The van der Waals surface area contributed by atoms with Crippen molar-refractivity contribution in [2.75, 3.05) is 0 Å². The Balaban J connectivity index is 2.23. The van der Waals surface area contributed by atoms with E-state index in [9.17, 15) is 0 Å². The summed E-state index contributed by atoms with van der Waals surface area (Å²) in [4.78, 5) is 0.969. The molecule has 1 heterocycles. The zero-order valence-electron chi connectivity index (χ0n) is 8.03. The van der Waals surface area contributed by atoms with Crippen LogP contribution in [0.5, 0.6) is 0 Å². The third-order valence-electron chi connectivity index (χ3n) is 2.15. The predicted molar refractivity (Wildman–Crippen MR) is 66.5 cm³/mol. The summed E-state index contributed by atoms with van der Waals surface area (Å²) in [6.07, 6.45) is 6.17. The summed E-state index contributed by atoms with van der Waals surface area (Å²) in [5, 5.41) is 2.89. The molecule has 0 fully saturated rings. The molecule has 0 aliphatic rings. The molecule has 0 atom stereocenters. The number of hydrogen-bond acceptors (Lipinski definition) is 1. The molecule has 1 aromatic carbocycles. The van der Waals surface area contributed by atoms with Crippen LogP contribution in [0.3, 0.4) is 0 Å². The van der Waals surface area contributed by atoms with Crippen LogP contribution in [0.4, 0.5) is 0 Å². The molecule has 0 bridgehead atoms. The van der Waals surface area contributed by atoms with Gasteiger partial charge in [-0.2, -0.15) is 0 Å². The van der Waals surface area contributed by atoms with Gasteiger partial charge in [0.05, 0.1) is 4.88 Å². The maximum Gasteiger partial charge on any atom is 0.0768 e. The fraction of sp³-hybridized carbons (Fsp3) is 0.0769. The minimum Gasteiger partial charge on any atom is -0.135 e. The van der Waals surface area contributed by atoms with Crippen molar-refractivity contribution in [3.63, 3.8) is 0 Å². The van der Waals surface area contributed by atoms with E-state index in [1.165, 1.54) is 5.56 Å². The zero-order chi connectivity index (χ0) is 10.7. The SMILES string of the molecule is C#Cc1cc(Cc2ccccc2Cl)cs1. The first-order valence-electron chi connectivity index (χ1n) is 4.57. The fourth-order valence-corrected chi connectivity index (χ4v) is 2.33. The summed E-state index contributed by atoms with van der Waals surface area (Å²) in [5.74, 6) is 2.63. The monoisotopic (exact) mass is 232 g/mol. The van der Waals surface area contributed by atoms with Crippen molar-refractivity contribution >= 4 is 22.9 Å². The molecule has 2 aromatic rings. The van der Waals surface area contributed by atoms with Crippen LogP contribution in [-0.2, 0) is 6.42 Å². The highest BCUT2D eigenvalue weighted by Gasteiger charge is 2.02. The predicted octanol–water partition coefficient (Wildman–Crippen LogP) is 3.97. The largest absolute Gasteiger partial charge is 0.135 e. The summed E-state index contributed by atoms with van der Waals surface area (Å²) in [6, 6.07) is 9.91. The van der Waals surface area contributed by atoms with Crippen LogP contribution in [0.15, 0.2) is 35.7 Å². The molecule has 0 unspecified atom stereocenters. The van der Waals surface area contributed by atoms with Crippen molar-refractivity contribution in [1.82, 2.24) is 0 Å². The van der Waals surface area contributed by atoms with Gasteiger partial charge >= 0.3 is 0 Å². The van der Waals surface area contributed by atoms with Crippen LogP contribution in [0.25, 0.3) is 0 Å². The Labute approximate surface area is 98.5 Å². The van der Waals surface area contributed by atoms with E-state index in [2.05, 4.69) is 11.3 Å². The van der Waals surface area contributed by atoms with Gasteiger partial charge in [0.2, 0.25) is 0 Å². The van der Waals surface area contributed by atoms with Gasteiger partial charge < -0.3 is 0 Å². The summed E-state index contributed by atoms with van der Waals surface area (Å²) in [5.41, 5.74) is 2.36. The second kappa shape index (κ2) is 4.53. The minimum absolute atomic E-state index is 0.811. The molecular weight excluding hydrogens is 224 g/mol. The Kier molecular flexibility index (Phi) is 3.11. The Morgan fingerprint density at radius 1 is 1.33 bits per heavy atom. The van der Waals surface area contributed by atoms with Gasteiger partial charge in [-0.05, 0) is 35.1 Å². The van der Waals surface area contributed by atoms with Gasteiger partial charge in [-0.15, -0.1) is 17.8 Å². The Bertz CT molecular complexity index is 505. The molecule has 74 valence electrons. The molecule has 0 saturated carbocycles. The standard InChI is InChI=1S/C13H9ClS/c1-2-12-8-10(9-15-12)7-11-5-3-4-6-13(11)14/h1,3-6,8-9H,7H2. The van der Waals surface area contributed by atoms with E-state index in [1.807, 2.05) is 30.3 Å². The topological polar surface area (TPSA) is 0 Å². The van der Waals surface area contributed by atoms with Gasteiger partial charge in [-0.3, -0.25) is 0 Å². The first kappa shape index (κ1) is 10.3.